The predicted molar refractivity (Wildman–Crippen MR) is 45.3 cm³/mol. The number of hydrogen-bond donors (Lipinski definition) is 0. The lowest BCUT2D eigenvalue weighted by molar-refractivity contribution is 0.221. The van der Waals surface area contributed by atoms with Crippen LogP contribution in [0, 0.1) is 6.92 Å². The smallest absolute Gasteiger partial charge is 0.130 e. The third kappa shape index (κ3) is 2.04. The average molecular weight is 152 g/mol. The summed E-state index contributed by atoms with van der Waals surface area (Å²) in [6.45, 7) is 5.13. The van der Waals surface area contributed by atoms with Crippen molar-refractivity contribution in [2.45, 2.75) is 26.4 Å². The second-order valence-corrected chi connectivity index (χ2v) is 3.34. The van der Waals surface area contributed by atoms with E-state index in [0.717, 1.165) is 11.1 Å². The standard InChI is InChI=1S/C10H13F/c1-8-4-6-9(7-5-8)10(2,3)11/h4-7H,1-3H3. The summed E-state index contributed by atoms with van der Waals surface area (Å²) in [5, 5.41) is 0. The lowest BCUT2D eigenvalue weighted by Gasteiger charge is -2.14. The molecule has 0 N–H and O–H groups in total. The number of rotatable bonds is 1. The highest BCUT2D eigenvalue weighted by Gasteiger charge is 2.17. The van der Waals surface area contributed by atoms with Gasteiger partial charge in [0.05, 0.1) is 0 Å². The Labute approximate surface area is 67.1 Å². The molecule has 0 saturated heterocycles. The van der Waals surface area contributed by atoms with Crippen LogP contribution in [0.25, 0.3) is 0 Å². The van der Waals surface area contributed by atoms with Crippen LogP contribution in [0.2, 0.25) is 0 Å². The van der Waals surface area contributed by atoms with E-state index in [2.05, 4.69) is 0 Å². The molecule has 1 rings (SSSR count). The average Bonchev–Trinajstić information content (AvgIpc) is 1.86. The van der Waals surface area contributed by atoms with Gasteiger partial charge in [-0.3, -0.25) is 0 Å². The van der Waals surface area contributed by atoms with Crippen molar-refractivity contribution in [3.8, 4) is 0 Å². The minimum absolute atomic E-state index is 0.739. The summed E-state index contributed by atoms with van der Waals surface area (Å²) in [4.78, 5) is 0. The highest BCUT2D eigenvalue weighted by Crippen LogP contribution is 2.24. The third-order valence-corrected chi connectivity index (χ3v) is 1.74. The molecule has 0 aliphatic heterocycles. The molecule has 60 valence electrons. The van der Waals surface area contributed by atoms with E-state index in [1.807, 2.05) is 31.2 Å². The topological polar surface area (TPSA) is 0 Å². The van der Waals surface area contributed by atoms with Gasteiger partial charge < -0.3 is 0 Å². The van der Waals surface area contributed by atoms with Gasteiger partial charge in [0.15, 0.2) is 0 Å². The van der Waals surface area contributed by atoms with Gasteiger partial charge in [0.2, 0.25) is 0 Å². The molecule has 0 unspecified atom stereocenters. The first kappa shape index (κ1) is 8.25. The van der Waals surface area contributed by atoms with Crippen molar-refractivity contribution < 1.29 is 4.39 Å². The van der Waals surface area contributed by atoms with E-state index in [0.29, 0.717) is 0 Å². The largest absolute Gasteiger partial charge is 0.239 e. The van der Waals surface area contributed by atoms with Crippen molar-refractivity contribution in [2.24, 2.45) is 0 Å². The summed E-state index contributed by atoms with van der Waals surface area (Å²) in [5.41, 5.74) is 0.689. The van der Waals surface area contributed by atoms with Crippen molar-refractivity contribution in [1.29, 1.82) is 0 Å². The van der Waals surface area contributed by atoms with Crippen LogP contribution in [-0.2, 0) is 5.67 Å². The molecule has 0 amide bonds. The molecule has 0 saturated carbocycles. The van der Waals surface area contributed by atoms with Crippen LogP contribution in [0.3, 0.4) is 0 Å². The molecule has 11 heavy (non-hydrogen) atoms. The number of hydrogen-bond acceptors (Lipinski definition) is 0. The summed E-state index contributed by atoms with van der Waals surface area (Å²) in [7, 11) is 0. The van der Waals surface area contributed by atoms with Crippen molar-refractivity contribution in [3.63, 3.8) is 0 Å². The SMILES string of the molecule is Cc1ccc(C(C)(C)F)cc1. The normalized spacial score (nSPS) is 11.6. The fourth-order valence-electron chi connectivity index (χ4n) is 0.950. The zero-order valence-corrected chi connectivity index (χ0v) is 7.19. The van der Waals surface area contributed by atoms with Gasteiger partial charge in [0.1, 0.15) is 5.67 Å². The molecule has 0 fully saturated rings. The highest BCUT2D eigenvalue weighted by atomic mass is 19.1. The van der Waals surface area contributed by atoms with E-state index in [9.17, 15) is 4.39 Å². The molecule has 0 bridgehead atoms. The molecule has 1 aromatic carbocycles. The summed E-state index contributed by atoms with van der Waals surface area (Å²) in [6.07, 6.45) is 0. The summed E-state index contributed by atoms with van der Waals surface area (Å²) in [5.74, 6) is 0. The maximum absolute atomic E-state index is 13.3. The monoisotopic (exact) mass is 152 g/mol. The lowest BCUT2D eigenvalue weighted by Crippen LogP contribution is -2.08. The zero-order valence-electron chi connectivity index (χ0n) is 7.19. The summed E-state index contributed by atoms with van der Waals surface area (Å²) in [6, 6.07) is 7.51. The number of aryl methyl sites for hydroxylation is 1. The van der Waals surface area contributed by atoms with Crippen molar-refractivity contribution >= 4 is 0 Å². The van der Waals surface area contributed by atoms with E-state index in [1.165, 1.54) is 0 Å². The molecule has 0 aliphatic rings. The minimum atomic E-state index is -1.21. The molecule has 1 heteroatoms. The van der Waals surface area contributed by atoms with Crippen molar-refractivity contribution in [1.82, 2.24) is 0 Å². The zero-order chi connectivity index (χ0) is 8.48. The second-order valence-electron chi connectivity index (χ2n) is 3.34. The van der Waals surface area contributed by atoms with Gasteiger partial charge in [0.25, 0.3) is 0 Å². The molecule has 0 spiro atoms. The Kier molecular flexibility index (Phi) is 1.99. The van der Waals surface area contributed by atoms with Gasteiger partial charge in [0, 0.05) is 0 Å². The molecule has 0 atom stereocenters. The van der Waals surface area contributed by atoms with E-state index in [1.54, 1.807) is 13.8 Å². The van der Waals surface area contributed by atoms with Crippen LogP contribution >= 0.6 is 0 Å². The van der Waals surface area contributed by atoms with Crippen LogP contribution in [0.4, 0.5) is 4.39 Å². The van der Waals surface area contributed by atoms with E-state index in [-0.39, 0.29) is 0 Å². The Bertz CT molecular complexity index is 228. The van der Waals surface area contributed by atoms with Gasteiger partial charge in [-0.1, -0.05) is 29.8 Å². The molecular formula is C10H13F. The second kappa shape index (κ2) is 2.65. The molecule has 0 radical (unpaired) electrons. The lowest BCUT2D eigenvalue weighted by atomic mass is 9.99. The highest BCUT2D eigenvalue weighted by molar-refractivity contribution is 5.25. The fraction of sp³-hybridized carbons (Fsp3) is 0.400. The van der Waals surface area contributed by atoms with Crippen LogP contribution in [0.15, 0.2) is 24.3 Å². The molecule has 0 nitrogen and oxygen atoms in total. The first-order chi connectivity index (χ1) is 5.00. The first-order valence-electron chi connectivity index (χ1n) is 3.76. The van der Waals surface area contributed by atoms with E-state index >= 15 is 0 Å². The Morgan fingerprint density at radius 2 is 1.55 bits per heavy atom. The Morgan fingerprint density at radius 3 is 1.91 bits per heavy atom. The van der Waals surface area contributed by atoms with Gasteiger partial charge in [-0.2, -0.15) is 0 Å². The van der Waals surface area contributed by atoms with Gasteiger partial charge in [-0.15, -0.1) is 0 Å². The molecular weight excluding hydrogens is 139 g/mol. The molecule has 1 aromatic rings. The Hall–Kier alpha value is -0.850. The van der Waals surface area contributed by atoms with Gasteiger partial charge in [-0.05, 0) is 26.3 Å². The maximum atomic E-state index is 13.3. The maximum Gasteiger partial charge on any atom is 0.130 e. The Balaban J connectivity index is 2.99. The number of alkyl halides is 1. The van der Waals surface area contributed by atoms with E-state index in [4.69, 9.17) is 0 Å². The quantitative estimate of drug-likeness (QED) is 0.579. The molecule has 0 aromatic heterocycles. The third-order valence-electron chi connectivity index (χ3n) is 1.74. The fourth-order valence-corrected chi connectivity index (χ4v) is 0.950. The van der Waals surface area contributed by atoms with Crippen LogP contribution in [0.1, 0.15) is 25.0 Å². The minimum Gasteiger partial charge on any atom is -0.239 e. The van der Waals surface area contributed by atoms with Crippen molar-refractivity contribution in [3.05, 3.63) is 35.4 Å². The molecule has 0 aliphatic carbocycles. The number of benzene rings is 1. The predicted octanol–water partition coefficient (Wildman–Crippen LogP) is 3.20. The van der Waals surface area contributed by atoms with E-state index < -0.39 is 5.67 Å². The number of halogens is 1. The molecule has 0 heterocycles. The van der Waals surface area contributed by atoms with Gasteiger partial charge >= 0.3 is 0 Å². The van der Waals surface area contributed by atoms with Crippen LogP contribution in [-0.4, -0.2) is 0 Å². The summed E-state index contributed by atoms with van der Waals surface area (Å²) >= 11 is 0. The first-order valence-corrected chi connectivity index (χ1v) is 3.76. The Morgan fingerprint density at radius 1 is 1.09 bits per heavy atom. The van der Waals surface area contributed by atoms with Crippen LogP contribution in [0.5, 0.6) is 0 Å². The van der Waals surface area contributed by atoms with Crippen molar-refractivity contribution in [2.75, 3.05) is 0 Å². The van der Waals surface area contributed by atoms with Gasteiger partial charge in [-0.25, -0.2) is 4.39 Å². The van der Waals surface area contributed by atoms with Crippen LogP contribution < -0.4 is 0 Å². The summed E-state index contributed by atoms with van der Waals surface area (Å²) < 4.78 is 13.3.